The topological polar surface area (TPSA) is 129 Å². The Morgan fingerprint density at radius 1 is 1.14 bits per heavy atom. The van der Waals surface area contributed by atoms with Crippen LogP contribution in [0.3, 0.4) is 0 Å². The fourth-order valence-electron chi connectivity index (χ4n) is 4.76. The van der Waals surface area contributed by atoms with Gasteiger partial charge >= 0.3 is 63.4 Å². The summed E-state index contributed by atoms with van der Waals surface area (Å²) >= 11 is 0. The van der Waals surface area contributed by atoms with Gasteiger partial charge in [0.05, 0.1) is 29.5 Å². The first-order chi connectivity index (χ1) is 16.0. The summed E-state index contributed by atoms with van der Waals surface area (Å²) < 4.78 is 30.2. The van der Waals surface area contributed by atoms with Gasteiger partial charge in [-0.3, -0.25) is 4.79 Å². The summed E-state index contributed by atoms with van der Waals surface area (Å²) in [7, 11) is -3.67. The van der Waals surface area contributed by atoms with Crippen LogP contribution in [0.1, 0.15) is 69.2 Å². The summed E-state index contributed by atoms with van der Waals surface area (Å²) in [6.45, 7) is 6.86. The fourth-order valence-corrected chi connectivity index (χ4v) is 6.67. The molecule has 0 radical (unpaired) electrons. The average Bonchev–Trinajstić information content (AvgIpc) is 3.17. The molecule has 1 aromatic rings. The largest absolute Gasteiger partial charge is 1.00 e. The maximum Gasteiger partial charge on any atom is 1.00 e. The van der Waals surface area contributed by atoms with Gasteiger partial charge in [0.1, 0.15) is 15.5 Å². The third-order valence-corrected chi connectivity index (χ3v) is 8.45. The number of rotatable bonds is 5. The summed E-state index contributed by atoms with van der Waals surface area (Å²) in [6.07, 6.45) is 4.83. The van der Waals surface area contributed by atoms with Crippen molar-refractivity contribution in [3.8, 4) is 0 Å². The zero-order valence-electron chi connectivity index (χ0n) is 21.1. The van der Waals surface area contributed by atoms with Crippen molar-refractivity contribution in [3.63, 3.8) is 0 Å². The molecule has 0 bridgehead atoms. The van der Waals surface area contributed by atoms with Crippen LogP contribution in [0.25, 0.3) is 0 Å². The normalized spacial score (nSPS) is 22.2. The summed E-state index contributed by atoms with van der Waals surface area (Å²) in [5.41, 5.74) is 4.36. The Morgan fingerprint density at radius 3 is 2.29 bits per heavy atom. The molecule has 0 aliphatic heterocycles. The fraction of sp³-hybridized carbons (Fsp3) is 0.625. The minimum Gasteiger partial charge on any atom is -0.844 e. The molecule has 1 aromatic carbocycles. The van der Waals surface area contributed by atoms with Gasteiger partial charge in [-0.15, -0.1) is 0 Å². The summed E-state index contributed by atoms with van der Waals surface area (Å²) in [6, 6.07) is 1.30. The average molecular weight is 530 g/mol. The van der Waals surface area contributed by atoms with Crippen LogP contribution >= 0.6 is 0 Å². The van der Waals surface area contributed by atoms with Crippen molar-refractivity contribution in [2.45, 2.75) is 83.5 Å². The molecule has 186 valence electrons. The summed E-state index contributed by atoms with van der Waals surface area (Å²) in [5.74, 6) is -1.23. The molecular weight excluding hydrogens is 497 g/mol. The van der Waals surface area contributed by atoms with Crippen LogP contribution in [-0.4, -0.2) is 39.8 Å². The number of ether oxygens (including phenoxy) is 2. The van der Waals surface area contributed by atoms with E-state index in [-0.39, 0.29) is 64.4 Å². The first-order valence-corrected chi connectivity index (χ1v) is 13.4. The zero-order valence-corrected chi connectivity index (χ0v) is 25.1. The standard InChI is InChI=1S/C24H33N3O6S.K/c1-5-32-21(28)18-13-19(18)34(31,27-23(30)33-24(2,3)4)26-22(29)25-20-16-10-6-8-14(16)12-15-9-7-11-17(15)20;/h12,18-19H,5-11,13H2,1-4H3,(H2,25,26,27,29,30,31);/q;+1/p-1/t18-,19-,34?;/m1./s1. The summed E-state index contributed by atoms with van der Waals surface area (Å²) in [5, 5.41) is 12.2. The number of amidine groups is 1. The number of nitrogens with one attached hydrogen (secondary N) is 1. The van der Waals surface area contributed by atoms with Crippen LogP contribution < -0.4 is 61.2 Å². The van der Waals surface area contributed by atoms with E-state index < -0.39 is 44.8 Å². The van der Waals surface area contributed by atoms with E-state index in [4.69, 9.17) is 9.47 Å². The van der Waals surface area contributed by atoms with Crippen LogP contribution in [-0.2, 0) is 49.9 Å². The molecule has 9 nitrogen and oxygen atoms in total. The molecule has 3 aliphatic rings. The van der Waals surface area contributed by atoms with E-state index in [1.807, 2.05) is 0 Å². The van der Waals surface area contributed by atoms with Crippen molar-refractivity contribution in [1.29, 1.82) is 0 Å². The van der Waals surface area contributed by atoms with Gasteiger partial charge in [-0.25, -0.2) is 18.7 Å². The van der Waals surface area contributed by atoms with Crippen molar-refractivity contribution in [2.24, 2.45) is 15.3 Å². The maximum atomic E-state index is 13.8. The number of fused-ring (bicyclic) bond motifs is 2. The Bertz CT molecular complexity index is 1130. The maximum absolute atomic E-state index is 13.8. The second kappa shape index (κ2) is 11.2. The minimum atomic E-state index is -3.67. The van der Waals surface area contributed by atoms with Crippen LogP contribution in [0, 0.1) is 5.92 Å². The molecule has 0 saturated heterocycles. The monoisotopic (exact) mass is 529 g/mol. The first kappa shape index (κ1) is 28.6. The summed E-state index contributed by atoms with van der Waals surface area (Å²) in [4.78, 5) is 28.9. The van der Waals surface area contributed by atoms with Crippen molar-refractivity contribution in [1.82, 2.24) is 4.72 Å². The van der Waals surface area contributed by atoms with E-state index in [0.29, 0.717) is 5.69 Å². The number of carbonyl (C=O) groups is 2. The van der Waals surface area contributed by atoms with Gasteiger partial charge in [0.25, 0.3) is 0 Å². The molecule has 11 heteroatoms. The van der Waals surface area contributed by atoms with Gasteiger partial charge in [0.15, 0.2) is 0 Å². The Morgan fingerprint density at radius 2 is 1.74 bits per heavy atom. The van der Waals surface area contributed by atoms with Crippen molar-refractivity contribution in [3.05, 3.63) is 28.3 Å². The van der Waals surface area contributed by atoms with Gasteiger partial charge < -0.3 is 14.6 Å². The van der Waals surface area contributed by atoms with Crippen molar-refractivity contribution >= 4 is 33.7 Å². The number of nitrogens with zero attached hydrogens (tertiary/aromatic N) is 2. The number of esters is 1. The number of hydrogen-bond donors (Lipinski definition) is 1. The van der Waals surface area contributed by atoms with Crippen molar-refractivity contribution < 1.29 is 79.8 Å². The van der Waals surface area contributed by atoms with E-state index in [1.54, 1.807) is 27.7 Å². The number of benzene rings is 1. The Hall–Kier alpha value is -0.984. The van der Waals surface area contributed by atoms with Gasteiger partial charge in [-0.05, 0) is 94.9 Å². The molecule has 3 atom stereocenters. The molecule has 0 heterocycles. The van der Waals surface area contributed by atoms with E-state index in [9.17, 15) is 18.9 Å². The molecule has 0 spiro atoms. The van der Waals surface area contributed by atoms with Gasteiger partial charge in [0.2, 0.25) is 0 Å². The number of hydrogen-bond acceptors (Lipinski definition) is 7. The second-order valence-electron chi connectivity index (χ2n) is 10.00. The van der Waals surface area contributed by atoms with Gasteiger partial charge in [-0.1, -0.05) is 6.07 Å². The minimum absolute atomic E-state index is 0. The molecule has 1 unspecified atom stereocenters. The Kier molecular flexibility index (Phi) is 9.13. The van der Waals surface area contributed by atoms with Gasteiger partial charge in [0, 0.05) is 0 Å². The molecule has 35 heavy (non-hydrogen) atoms. The second-order valence-corrected chi connectivity index (χ2v) is 12.1. The van der Waals surface area contributed by atoms with Crippen LogP contribution in [0.5, 0.6) is 0 Å². The number of aliphatic imine (C=N–C) groups is 1. The Balaban J connectivity index is 0.00000342. The predicted octanol–water partition coefficient (Wildman–Crippen LogP) is -0.125. The third kappa shape index (κ3) is 6.67. The SMILES string of the molecule is CCOC(=O)[C@@H]1C[C@H]1S(=O)(=NC([O-])=Nc1c2c(cc3c1CCC3)CCC2)NC(=O)OC(C)(C)C.[K+]. The first-order valence-electron chi connectivity index (χ1n) is 11.9. The molecule has 1 amide bonds. The third-order valence-electron chi connectivity index (χ3n) is 6.22. The van der Waals surface area contributed by atoms with E-state index in [1.165, 1.54) is 11.1 Å². The van der Waals surface area contributed by atoms with Crippen molar-refractivity contribution in [2.75, 3.05) is 6.61 Å². The molecule has 1 saturated carbocycles. The Labute approximate surface area is 249 Å². The zero-order chi connectivity index (χ0) is 24.7. The number of aryl methyl sites for hydroxylation is 2. The smallest absolute Gasteiger partial charge is 0.844 e. The molecule has 0 aromatic heterocycles. The molecular formula is C24H32KN3O6S. The van der Waals surface area contributed by atoms with E-state index in [2.05, 4.69) is 20.1 Å². The number of amides is 1. The molecule has 3 aliphatic carbocycles. The van der Waals surface area contributed by atoms with Crippen LogP contribution in [0.4, 0.5) is 10.5 Å². The quantitative estimate of drug-likeness (QED) is 0.245. The van der Waals surface area contributed by atoms with Crippen LogP contribution in [0.15, 0.2) is 15.4 Å². The molecule has 1 N–H and O–H groups in total. The van der Waals surface area contributed by atoms with Crippen LogP contribution in [0.2, 0.25) is 0 Å². The molecule has 4 rings (SSSR count). The van der Waals surface area contributed by atoms with E-state index in [0.717, 1.165) is 49.7 Å². The predicted molar refractivity (Wildman–Crippen MR) is 126 cm³/mol. The molecule has 1 fully saturated rings. The van der Waals surface area contributed by atoms with E-state index >= 15 is 0 Å². The van der Waals surface area contributed by atoms with Gasteiger partial charge in [-0.2, -0.15) is 4.36 Å². The number of carbonyl (C=O) groups excluding carboxylic acids is 2.